The molecule has 1 atom stereocenters. The number of aliphatic hydroxyl groups is 1. The van der Waals surface area contributed by atoms with E-state index in [0.717, 1.165) is 39.6 Å². The van der Waals surface area contributed by atoms with E-state index in [-0.39, 0.29) is 11.3 Å². The Morgan fingerprint density at radius 1 is 1.03 bits per heavy atom. The first-order valence-electron chi connectivity index (χ1n) is 12.4. The van der Waals surface area contributed by atoms with Crippen molar-refractivity contribution in [1.82, 2.24) is 4.57 Å². The van der Waals surface area contributed by atoms with Crippen molar-refractivity contribution in [2.24, 2.45) is 7.05 Å². The van der Waals surface area contributed by atoms with E-state index in [1.165, 1.54) is 12.0 Å². The standard InChI is InChI=1S/C31H30N2O4/c1-6-20-11-13-21(14-12-20)33-27(24-17-32(4)25-10-8-7-9-22(24)25)26(29(35)31(33)36)28(34)23-16-18(2)15-19(3)30(23)37-5/h7-17,27,34H,6H2,1-5H3/b28-26+. The summed E-state index contributed by atoms with van der Waals surface area (Å²) in [6.45, 7) is 5.87. The molecule has 1 aliphatic heterocycles. The quantitative estimate of drug-likeness (QED) is 0.210. The van der Waals surface area contributed by atoms with Crippen molar-refractivity contribution in [3.05, 3.63) is 100 Å². The molecule has 5 rings (SSSR count). The van der Waals surface area contributed by atoms with Crippen LogP contribution in [-0.4, -0.2) is 28.5 Å². The average Bonchev–Trinajstić information content (AvgIpc) is 3.36. The van der Waals surface area contributed by atoms with E-state index >= 15 is 0 Å². The first kappa shape index (κ1) is 24.4. The maximum atomic E-state index is 13.7. The third-order valence-corrected chi connectivity index (χ3v) is 7.17. The molecule has 1 N–H and O–H groups in total. The van der Waals surface area contributed by atoms with Gasteiger partial charge in [-0.15, -0.1) is 0 Å². The number of anilines is 1. The molecule has 1 aliphatic rings. The van der Waals surface area contributed by atoms with Crippen LogP contribution in [0, 0.1) is 13.8 Å². The topological polar surface area (TPSA) is 71.8 Å². The molecular weight excluding hydrogens is 464 g/mol. The van der Waals surface area contributed by atoms with Crippen molar-refractivity contribution in [3.8, 4) is 5.75 Å². The summed E-state index contributed by atoms with van der Waals surface area (Å²) in [6, 6.07) is 18.4. The number of aryl methyl sites for hydroxylation is 4. The minimum atomic E-state index is -0.816. The number of hydrogen-bond donors (Lipinski definition) is 1. The van der Waals surface area contributed by atoms with Crippen molar-refractivity contribution in [3.63, 3.8) is 0 Å². The Balaban J connectivity index is 1.82. The van der Waals surface area contributed by atoms with Crippen LogP contribution < -0.4 is 9.64 Å². The summed E-state index contributed by atoms with van der Waals surface area (Å²) in [6.07, 6.45) is 2.79. The number of aliphatic hydroxyl groups excluding tert-OH is 1. The number of fused-ring (bicyclic) bond motifs is 1. The highest BCUT2D eigenvalue weighted by molar-refractivity contribution is 6.52. The van der Waals surface area contributed by atoms with E-state index in [4.69, 9.17) is 4.74 Å². The fraction of sp³-hybridized carbons (Fsp3) is 0.226. The molecule has 37 heavy (non-hydrogen) atoms. The molecule has 0 saturated carbocycles. The van der Waals surface area contributed by atoms with Gasteiger partial charge < -0.3 is 14.4 Å². The minimum Gasteiger partial charge on any atom is -0.507 e. The van der Waals surface area contributed by atoms with E-state index < -0.39 is 17.7 Å². The highest BCUT2D eigenvalue weighted by Gasteiger charge is 2.48. The van der Waals surface area contributed by atoms with Gasteiger partial charge in [0, 0.05) is 35.4 Å². The molecule has 1 aromatic heterocycles. The summed E-state index contributed by atoms with van der Waals surface area (Å²) >= 11 is 0. The molecular formula is C31H30N2O4. The SMILES string of the molecule is CCc1ccc(N2C(=O)C(=O)/C(=C(/O)c3cc(C)cc(C)c3OC)C2c2cn(C)c3ccccc23)cc1. The smallest absolute Gasteiger partial charge is 0.300 e. The Labute approximate surface area is 216 Å². The zero-order valence-electron chi connectivity index (χ0n) is 21.7. The first-order chi connectivity index (χ1) is 17.8. The molecule has 6 heteroatoms. The molecule has 188 valence electrons. The van der Waals surface area contributed by atoms with Crippen LogP contribution in [0.1, 0.15) is 40.8 Å². The molecule has 0 aliphatic carbocycles. The van der Waals surface area contributed by atoms with Gasteiger partial charge in [-0.3, -0.25) is 14.5 Å². The third-order valence-electron chi connectivity index (χ3n) is 7.17. The van der Waals surface area contributed by atoms with Gasteiger partial charge in [-0.25, -0.2) is 0 Å². The number of nitrogens with zero attached hydrogens (tertiary/aromatic N) is 2. The van der Waals surface area contributed by atoms with Crippen molar-refractivity contribution >= 4 is 34.0 Å². The van der Waals surface area contributed by atoms with Gasteiger partial charge in [-0.1, -0.05) is 43.3 Å². The molecule has 1 fully saturated rings. The number of para-hydroxylation sites is 1. The number of ether oxygens (including phenoxy) is 1. The van der Waals surface area contributed by atoms with E-state index in [1.807, 2.05) is 86.3 Å². The van der Waals surface area contributed by atoms with Crippen LogP contribution in [0.25, 0.3) is 16.7 Å². The molecule has 2 heterocycles. The Bertz CT molecular complexity index is 1580. The Morgan fingerprint density at radius 3 is 2.41 bits per heavy atom. The lowest BCUT2D eigenvalue weighted by atomic mass is 9.93. The Hall–Kier alpha value is -4.32. The van der Waals surface area contributed by atoms with E-state index in [9.17, 15) is 14.7 Å². The lowest BCUT2D eigenvalue weighted by Crippen LogP contribution is -2.29. The second-order valence-electron chi connectivity index (χ2n) is 9.56. The molecule has 1 unspecified atom stereocenters. The van der Waals surface area contributed by atoms with Crippen LogP contribution in [0.2, 0.25) is 0 Å². The maximum Gasteiger partial charge on any atom is 0.300 e. The number of methoxy groups -OCH3 is 1. The van der Waals surface area contributed by atoms with Crippen LogP contribution in [0.4, 0.5) is 5.69 Å². The lowest BCUT2D eigenvalue weighted by Gasteiger charge is -2.25. The second kappa shape index (κ2) is 9.28. The van der Waals surface area contributed by atoms with Gasteiger partial charge in [-0.2, -0.15) is 0 Å². The Kier molecular flexibility index (Phi) is 6.12. The summed E-state index contributed by atoms with van der Waals surface area (Å²) in [5, 5.41) is 12.6. The highest BCUT2D eigenvalue weighted by Crippen LogP contribution is 2.46. The van der Waals surface area contributed by atoms with E-state index in [0.29, 0.717) is 17.0 Å². The van der Waals surface area contributed by atoms with Gasteiger partial charge in [-0.05, 0) is 61.2 Å². The van der Waals surface area contributed by atoms with Gasteiger partial charge >= 0.3 is 0 Å². The monoisotopic (exact) mass is 494 g/mol. The minimum absolute atomic E-state index is 0.0456. The van der Waals surface area contributed by atoms with Crippen LogP contribution >= 0.6 is 0 Å². The number of carbonyl (C=O) groups excluding carboxylic acids is 2. The molecule has 4 aromatic rings. The fourth-order valence-corrected chi connectivity index (χ4v) is 5.42. The van der Waals surface area contributed by atoms with Gasteiger partial charge in [0.1, 0.15) is 11.5 Å². The number of ketones is 1. The normalized spacial score (nSPS) is 17.1. The van der Waals surface area contributed by atoms with E-state index in [1.54, 1.807) is 6.07 Å². The zero-order chi connectivity index (χ0) is 26.4. The number of aromatic nitrogens is 1. The number of benzene rings is 3. The molecule has 1 saturated heterocycles. The van der Waals surface area contributed by atoms with Gasteiger partial charge in [0.15, 0.2) is 0 Å². The van der Waals surface area contributed by atoms with Gasteiger partial charge in [0.2, 0.25) is 0 Å². The molecule has 1 amide bonds. The largest absolute Gasteiger partial charge is 0.507 e. The first-order valence-corrected chi connectivity index (χ1v) is 12.4. The summed E-state index contributed by atoms with van der Waals surface area (Å²) in [5.41, 5.74) is 5.63. The van der Waals surface area contributed by atoms with Crippen molar-refractivity contribution in [2.75, 3.05) is 12.0 Å². The summed E-state index contributed by atoms with van der Waals surface area (Å²) < 4.78 is 7.59. The number of amides is 1. The van der Waals surface area contributed by atoms with E-state index in [2.05, 4.69) is 6.92 Å². The van der Waals surface area contributed by atoms with Crippen LogP contribution in [-0.2, 0) is 23.1 Å². The van der Waals surface area contributed by atoms with Gasteiger partial charge in [0.25, 0.3) is 11.7 Å². The second-order valence-corrected chi connectivity index (χ2v) is 9.56. The van der Waals surface area contributed by atoms with Crippen molar-refractivity contribution < 1.29 is 19.4 Å². The average molecular weight is 495 g/mol. The molecule has 0 radical (unpaired) electrons. The number of carbonyl (C=O) groups is 2. The molecule has 3 aromatic carbocycles. The Morgan fingerprint density at radius 2 is 1.73 bits per heavy atom. The zero-order valence-corrected chi connectivity index (χ0v) is 21.7. The summed E-state index contributed by atoms with van der Waals surface area (Å²) in [7, 11) is 3.46. The number of rotatable bonds is 5. The molecule has 0 spiro atoms. The summed E-state index contributed by atoms with van der Waals surface area (Å²) in [5.74, 6) is -1.17. The fourth-order valence-electron chi connectivity index (χ4n) is 5.42. The van der Waals surface area contributed by atoms with Crippen LogP contribution in [0.3, 0.4) is 0 Å². The van der Waals surface area contributed by atoms with Crippen molar-refractivity contribution in [1.29, 1.82) is 0 Å². The molecule has 6 nitrogen and oxygen atoms in total. The summed E-state index contributed by atoms with van der Waals surface area (Å²) in [4.78, 5) is 28.8. The third kappa shape index (κ3) is 3.89. The van der Waals surface area contributed by atoms with Crippen LogP contribution in [0.5, 0.6) is 5.75 Å². The predicted octanol–water partition coefficient (Wildman–Crippen LogP) is 5.99. The van der Waals surface area contributed by atoms with Gasteiger partial charge in [0.05, 0.1) is 24.3 Å². The lowest BCUT2D eigenvalue weighted by molar-refractivity contribution is -0.132. The number of Topliss-reactive ketones (excluding diaryl/α,β-unsaturated/α-hetero) is 1. The van der Waals surface area contributed by atoms with Crippen molar-refractivity contribution in [2.45, 2.75) is 33.2 Å². The van der Waals surface area contributed by atoms with Crippen LogP contribution in [0.15, 0.2) is 72.4 Å². The number of hydrogen-bond acceptors (Lipinski definition) is 4. The predicted molar refractivity (Wildman–Crippen MR) is 146 cm³/mol. The highest BCUT2D eigenvalue weighted by atomic mass is 16.5. The molecule has 0 bridgehead atoms. The maximum absolute atomic E-state index is 13.7.